The first kappa shape index (κ1) is 22.2. The van der Waals surface area contributed by atoms with E-state index in [1.54, 1.807) is 18.3 Å². The van der Waals surface area contributed by atoms with Crippen LogP contribution in [0.4, 0.5) is 5.82 Å². The number of anilines is 1. The third-order valence-electron chi connectivity index (χ3n) is 6.23. The lowest BCUT2D eigenvalue weighted by Crippen LogP contribution is -2.55. The number of benzene rings is 1. The van der Waals surface area contributed by atoms with Crippen molar-refractivity contribution in [3.8, 4) is 0 Å². The number of piperidine rings is 1. The molecule has 0 saturated carbocycles. The van der Waals surface area contributed by atoms with Crippen molar-refractivity contribution in [3.05, 3.63) is 48.2 Å². The highest BCUT2D eigenvalue weighted by Crippen LogP contribution is 2.26. The zero-order valence-electron chi connectivity index (χ0n) is 19.2. The molecule has 2 aromatic heterocycles. The number of likely N-dealkylation sites (N-methyl/N-ethyl adjacent to an activating group) is 1. The van der Waals surface area contributed by atoms with Gasteiger partial charge in [-0.15, -0.1) is 0 Å². The van der Waals surface area contributed by atoms with E-state index in [0.29, 0.717) is 32.5 Å². The summed E-state index contributed by atoms with van der Waals surface area (Å²) in [6.07, 6.45) is 4.25. The molecule has 1 amide bonds. The topological polar surface area (TPSA) is 87.4 Å². The predicted molar refractivity (Wildman–Crippen MR) is 125 cm³/mol. The second-order valence-electron chi connectivity index (χ2n) is 8.79. The van der Waals surface area contributed by atoms with Gasteiger partial charge in [-0.2, -0.15) is 0 Å². The molecule has 0 aliphatic carbocycles. The van der Waals surface area contributed by atoms with Crippen molar-refractivity contribution in [2.75, 3.05) is 31.6 Å². The number of fused-ring (bicyclic) bond motifs is 1. The fraction of sp³-hybridized carbons (Fsp3) is 0.500. The number of nitrogens with zero attached hydrogens (tertiary/aromatic N) is 6. The number of rotatable bonds is 7. The van der Waals surface area contributed by atoms with Crippen molar-refractivity contribution < 1.29 is 9.90 Å². The molecule has 170 valence electrons. The van der Waals surface area contributed by atoms with E-state index >= 15 is 0 Å². The molecule has 32 heavy (non-hydrogen) atoms. The molecule has 1 aliphatic heterocycles. The number of imidazole rings is 1. The summed E-state index contributed by atoms with van der Waals surface area (Å²) in [6.45, 7) is 6.18. The van der Waals surface area contributed by atoms with E-state index < -0.39 is 5.60 Å². The molecule has 1 aromatic carbocycles. The number of carbonyl (C=O) groups is 1. The van der Waals surface area contributed by atoms with Gasteiger partial charge in [0.25, 0.3) is 0 Å². The quantitative estimate of drug-likeness (QED) is 0.613. The van der Waals surface area contributed by atoms with E-state index in [0.717, 1.165) is 47.8 Å². The largest absolute Gasteiger partial charge is 0.386 e. The van der Waals surface area contributed by atoms with E-state index in [1.807, 2.05) is 37.3 Å². The van der Waals surface area contributed by atoms with E-state index in [-0.39, 0.29) is 5.91 Å². The second-order valence-corrected chi connectivity index (χ2v) is 8.79. The third kappa shape index (κ3) is 4.75. The molecule has 0 spiro atoms. The molecular weight excluding hydrogens is 404 g/mol. The van der Waals surface area contributed by atoms with Crippen molar-refractivity contribution in [3.63, 3.8) is 0 Å². The standard InChI is InChI=1S/C24H32N6O2/c1-4-21-27-19-8-5-6-9-20(19)30(21)13-10-23(31)28(3)15-24(32)11-7-12-29(16-24)22-14-18(2)25-17-26-22/h5-6,8-9,14,17,32H,4,7,10-13,15-16H2,1-3H3/t24-/m0/s1. The first-order valence-corrected chi connectivity index (χ1v) is 11.3. The zero-order valence-corrected chi connectivity index (χ0v) is 19.2. The van der Waals surface area contributed by atoms with Gasteiger partial charge in [0.05, 0.1) is 23.2 Å². The summed E-state index contributed by atoms with van der Waals surface area (Å²) in [5.41, 5.74) is 1.95. The van der Waals surface area contributed by atoms with Crippen molar-refractivity contribution in [2.45, 2.75) is 51.7 Å². The molecule has 8 nitrogen and oxygen atoms in total. The maximum Gasteiger partial charge on any atom is 0.224 e. The highest BCUT2D eigenvalue weighted by atomic mass is 16.3. The lowest BCUT2D eigenvalue weighted by Gasteiger charge is -2.41. The van der Waals surface area contributed by atoms with Crippen LogP contribution < -0.4 is 4.90 Å². The molecule has 0 radical (unpaired) electrons. The maximum atomic E-state index is 12.9. The smallest absolute Gasteiger partial charge is 0.224 e. The number of aliphatic hydroxyl groups is 1. The number of aryl methyl sites for hydroxylation is 3. The summed E-state index contributed by atoms with van der Waals surface area (Å²) in [4.78, 5) is 29.9. The Morgan fingerprint density at radius 2 is 2.09 bits per heavy atom. The van der Waals surface area contributed by atoms with Gasteiger partial charge in [-0.05, 0) is 31.9 Å². The van der Waals surface area contributed by atoms with Gasteiger partial charge < -0.3 is 19.5 Å². The molecule has 1 N–H and O–H groups in total. The highest BCUT2D eigenvalue weighted by Gasteiger charge is 2.36. The van der Waals surface area contributed by atoms with Crippen LogP contribution in [0.5, 0.6) is 0 Å². The van der Waals surface area contributed by atoms with Gasteiger partial charge in [0.15, 0.2) is 0 Å². The van der Waals surface area contributed by atoms with Crippen LogP contribution in [-0.2, 0) is 17.8 Å². The minimum absolute atomic E-state index is 0.0215. The van der Waals surface area contributed by atoms with Crippen molar-refractivity contribution in [1.82, 2.24) is 24.4 Å². The Morgan fingerprint density at radius 3 is 2.88 bits per heavy atom. The number of carbonyl (C=O) groups excluding carboxylic acids is 1. The summed E-state index contributed by atoms with van der Waals surface area (Å²) >= 11 is 0. The summed E-state index contributed by atoms with van der Waals surface area (Å²) in [6, 6.07) is 9.96. The summed E-state index contributed by atoms with van der Waals surface area (Å²) in [5, 5.41) is 11.3. The van der Waals surface area contributed by atoms with Crippen LogP contribution in [-0.4, -0.2) is 67.7 Å². The molecule has 1 fully saturated rings. The van der Waals surface area contributed by atoms with Crippen molar-refractivity contribution >= 4 is 22.8 Å². The van der Waals surface area contributed by atoms with Gasteiger partial charge in [-0.25, -0.2) is 15.0 Å². The molecular formula is C24H32N6O2. The molecule has 8 heteroatoms. The Labute approximate surface area is 188 Å². The maximum absolute atomic E-state index is 12.9. The fourth-order valence-electron chi connectivity index (χ4n) is 4.62. The van der Waals surface area contributed by atoms with E-state index in [1.165, 1.54) is 0 Å². The van der Waals surface area contributed by atoms with Crippen LogP contribution >= 0.6 is 0 Å². The van der Waals surface area contributed by atoms with Gasteiger partial charge in [0, 0.05) is 51.3 Å². The van der Waals surface area contributed by atoms with Gasteiger partial charge in [0.2, 0.25) is 5.91 Å². The van der Waals surface area contributed by atoms with E-state index in [2.05, 4.69) is 31.3 Å². The van der Waals surface area contributed by atoms with Crippen LogP contribution in [0.15, 0.2) is 36.7 Å². The zero-order chi connectivity index (χ0) is 22.7. The van der Waals surface area contributed by atoms with Crippen LogP contribution in [0.1, 0.15) is 37.7 Å². The Hall–Kier alpha value is -3.00. The van der Waals surface area contributed by atoms with Crippen LogP contribution in [0, 0.1) is 6.92 Å². The molecule has 1 atom stereocenters. The SMILES string of the molecule is CCc1nc2ccccc2n1CCC(=O)N(C)C[C@@]1(O)CCCN(c2cc(C)ncn2)C1. The fourth-order valence-corrected chi connectivity index (χ4v) is 4.62. The number of β-amino-alcohol motifs (C(OH)–C–C–N with tert-alkyl or cyclic N) is 1. The first-order chi connectivity index (χ1) is 15.4. The summed E-state index contributed by atoms with van der Waals surface area (Å²) < 4.78 is 2.13. The van der Waals surface area contributed by atoms with Crippen LogP contribution in [0.3, 0.4) is 0 Å². The molecule has 0 bridgehead atoms. The second kappa shape index (κ2) is 9.24. The normalized spacial score (nSPS) is 18.8. The average Bonchev–Trinajstić information content (AvgIpc) is 3.15. The number of para-hydroxylation sites is 2. The van der Waals surface area contributed by atoms with Crippen molar-refractivity contribution in [2.24, 2.45) is 0 Å². The Balaban J connectivity index is 1.39. The minimum atomic E-state index is -0.961. The molecule has 3 heterocycles. The summed E-state index contributed by atoms with van der Waals surface area (Å²) in [5.74, 6) is 1.83. The molecule has 1 saturated heterocycles. The molecule has 4 rings (SSSR count). The lowest BCUT2D eigenvalue weighted by atomic mass is 9.92. The first-order valence-electron chi connectivity index (χ1n) is 11.3. The monoisotopic (exact) mass is 436 g/mol. The third-order valence-corrected chi connectivity index (χ3v) is 6.23. The molecule has 1 aliphatic rings. The Bertz CT molecular complexity index is 1100. The van der Waals surface area contributed by atoms with Crippen LogP contribution in [0.25, 0.3) is 11.0 Å². The predicted octanol–water partition coefficient (Wildman–Crippen LogP) is 2.58. The van der Waals surface area contributed by atoms with Gasteiger partial charge in [-0.3, -0.25) is 4.79 Å². The number of hydrogen-bond donors (Lipinski definition) is 1. The molecule has 0 unspecified atom stereocenters. The number of hydrogen-bond acceptors (Lipinski definition) is 6. The highest BCUT2D eigenvalue weighted by molar-refractivity contribution is 5.78. The van der Waals surface area contributed by atoms with Gasteiger partial charge in [0.1, 0.15) is 18.0 Å². The average molecular weight is 437 g/mol. The van der Waals surface area contributed by atoms with Crippen LogP contribution in [0.2, 0.25) is 0 Å². The Morgan fingerprint density at radius 1 is 1.28 bits per heavy atom. The number of aromatic nitrogens is 4. The Kier molecular flexibility index (Phi) is 6.41. The summed E-state index contributed by atoms with van der Waals surface area (Å²) in [7, 11) is 1.78. The minimum Gasteiger partial charge on any atom is -0.386 e. The lowest BCUT2D eigenvalue weighted by molar-refractivity contribution is -0.133. The molecule has 3 aromatic rings. The van der Waals surface area contributed by atoms with Gasteiger partial charge >= 0.3 is 0 Å². The van der Waals surface area contributed by atoms with Crippen molar-refractivity contribution in [1.29, 1.82) is 0 Å². The number of amides is 1. The van der Waals surface area contributed by atoms with E-state index in [4.69, 9.17) is 0 Å². The van der Waals surface area contributed by atoms with Gasteiger partial charge in [-0.1, -0.05) is 19.1 Å². The van der Waals surface area contributed by atoms with E-state index in [9.17, 15) is 9.90 Å².